The zero-order chi connectivity index (χ0) is 24.8. The Bertz CT molecular complexity index is 1200. The van der Waals surface area contributed by atoms with Crippen LogP contribution in [0.15, 0.2) is 66.0 Å². The van der Waals surface area contributed by atoms with Gasteiger partial charge in [-0.15, -0.1) is 11.3 Å². The number of Topliss-reactive ketones (excluding diaryl/α,β-unsaturated/α-hetero) is 1. The number of ether oxygens (including phenoxy) is 1. The molecule has 35 heavy (non-hydrogen) atoms. The molecule has 0 aliphatic carbocycles. The van der Waals surface area contributed by atoms with Crippen molar-refractivity contribution in [2.24, 2.45) is 0 Å². The largest absolute Gasteiger partial charge is 0.370 e. The Morgan fingerprint density at radius 1 is 1.06 bits per heavy atom. The minimum Gasteiger partial charge on any atom is -0.370 e. The van der Waals surface area contributed by atoms with Crippen LogP contribution in [0, 0.1) is 5.82 Å². The minimum atomic E-state index is -0.449. The van der Waals surface area contributed by atoms with Gasteiger partial charge in [-0.3, -0.25) is 14.4 Å². The van der Waals surface area contributed by atoms with Crippen molar-refractivity contribution in [3.8, 4) is 0 Å². The van der Waals surface area contributed by atoms with E-state index < -0.39 is 6.10 Å². The van der Waals surface area contributed by atoms with Crippen LogP contribution < -0.4 is 0 Å². The third kappa shape index (κ3) is 6.61. The summed E-state index contributed by atoms with van der Waals surface area (Å²) >= 11 is 1.21. The molecule has 6 nitrogen and oxygen atoms in total. The van der Waals surface area contributed by atoms with Gasteiger partial charge >= 0.3 is 0 Å². The van der Waals surface area contributed by atoms with E-state index in [1.54, 1.807) is 28.5 Å². The highest BCUT2D eigenvalue weighted by molar-refractivity contribution is 7.12. The van der Waals surface area contributed by atoms with Gasteiger partial charge in [0, 0.05) is 25.0 Å². The third-order valence-electron chi connectivity index (χ3n) is 5.90. The molecule has 1 aliphatic rings. The maximum absolute atomic E-state index is 13.6. The maximum atomic E-state index is 13.6. The van der Waals surface area contributed by atoms with Gasteiger partial charge in [0.2, 0.25) is 5.91 Å². The highest BCUT2D eigenvalue weighted by Gasteiger charge is 2.31. The molecular formula is C27H27FN2O4S. The van der Waals surface area contributed by atoms with E-state index in [0.717, 1.165) is 5.56 Å². The summed E-state index contributed by atoms with van der Waals surface area (Å²) in [5, 5.41) is 1.64. The first kappa shape index (κ1) is 24.8. The van der Waals surface area contributed by atoms with Crippen LogP contribution in [0.25, 0.3) is 0 Å². The molecule has 1 aliphatic heterocycles. The molecule has 1 aromatic heterocycles. The van der Waals surface area contributed by atoms with Crippen LogP contribution in [0.5, 0.6) is 0 Å². The van der Waals surface area contributed by atoms with Crippen molar-refractivity contribution in [1.82, 2.24) is 9.80 Å². The van der Waals surface area contributed by atoms with Crippen molar-refractivity contribution < 1.29 is 23.5 Å². The van der Waals surface area contributed by atoms with Crippen molar-refractivity contribution in [1.29, 1.82) is 0 Å². The number of thiophene rings is 1. The molecule has 2 amide bonds. The summed E-state index contributed by atoms with van der Waals surface area (Å²) in [6.07, 6.45) is 0.235. The number of benzene rings is 2. The standard InChI is InChI=1S/C27H27FN2O4S/c1-19(31)25-13-22(18-35-25)27(33)30-15-24(34-17-21-8-5-9-23(28)12-21)14-29(26(32)16-30)11-10-20-6-3-2-4-7-20/h2-9,12-13,18,24H,10-11,14-17H2,1H3. The number of amides is 2. The first-order chi connectivity index (χ1) is 16.9. The number of hydrogen-bond acceptors (Lipinski definition) is 5. The molecule has 0 N–H and O–H groups in total. The van der Waals surface area contributed by atoms with Crippen LogP contribution in [0.1, 0.15) is 38.1 Å². The SMILES string of the molecule is CC(=O)c1cc(C(=O)N2CC(=O)N(CCc3ccccc3)CC(OCc3cccc(F)c3)C2)cs1. The van der Waals surface area contributed by atoms with E-state index in [0.29, 0.717) is 35.5 Å². The van der Waals surface area contributed by atoms with E-state index in [-0.39, 0.29) is 43.1 Å². The van der Waals surface area contributed by atoms with E-state index in [4.69, 9.17) is 4.74 Å². The zero-order valence-electron chi connectivity index (χ0n) is 19.5. The molecule has 0 spiro atoms. The topological polar surface area (TPSA) is 66.9 Å². The van der Waals surface area contributed by atoms with Gasteiger partial charge in [-0.25, -0.2) is 4.39 Å². The van der Waals surface area contributed by atoms with Crippen molar-refractivity contribution >= 4 is 28.9 Å². The van der Waals surface area contributed by atoms with Gasteiger partial charge in [-0.05, 0) is 42.7 Å². The lowest BCUT2D eigenvalue weighted by atomic mass is 10.1. The van der Waals surface area contributed by atoms with Gasteiger partial charge < -0.3 is 14.5 Å². The number of nitrogens with zero attached hydrogens (tertiary/aromatic N) is 2. The van der Waals surface area contributed by atoms with E-state index >= 15 is 0 Å². The van der Waals surface area contributed by atoms with Crippen molar-refractivity contribution in [3.63, 3.8) is 0 Å². The second-order valence-electron chi connectivity index (χ2n) is 8.58. The lowest BCUT2D eigenvalue weighted by Gasteiger charge is -2.25. The predicted octanol–water partition coefficient (Wildman–Crippen LogP) is 4.20. The Hall–Kier alpha value is -3.36. The van der Waals surface area contributed by atoms with Crippen LogP contribution >= 0.6 is 11.3 Å². The van der Waals surface area contributed by atoms with Gasteiger partial charge in [0.1, 0.15) is 12.4 Å². The first-order valence-corrected chi connectivity index (χ1v) is 12.3. The Labute approximate surface area is 207 Å². The Balaban J connectivity index is 1.50. The molecule has 1 unspecified atom stereocenters. The average Bonchev–Trinajstić information content (AvgIpc) is 3.29. The number of carbonyl (C=O) groups excluding carboxylic acids is 3. The van der Waals surface area contributed by atoms with Crippen LogP contribution in [0.3, 0.4) is 0 Å². The fourth-order valence-corrected chi connectivity index (χ4v) is 4.80. The fourth-order valence-electron chi connectivity index (χ4n) is 4.02. The Morgan fingerprint density at radius 3 is 2.54 bits per heavy atom. The van der Waals surface area contributed by atoms with Crippen LogP contribution in [-0.2, 0) is 22.6 Å². The fraction of sp³-hybridized carbons (Fsp3) is 0.296. The smallest absolute Gasteiger partial charge is 0.255 e. The highest BCUT2D eigenvalue weighted by atomic mass is 32.1. The van der Waals surface area contributed by atoms with Gasteiger partial charge in [0.25, 0.3) is 5.91 Å². The van der Waals surface area contributed by atoms with Crippen LogP contribution in [0.2, 0.25) is 0 Å². The molecule has 3 aromatic rings. The Morgan fingerprint density at radius 2 is 1.83 bits per heavy atom. The summed E-state index contributed by atoms with van der Waals surface area (Å²) in [5.41, 5.74) is 2.18. The van der Waals surface area contributed by atoms with Gasteiger partial charge in [-0.2, -0.15) is 0 Å². The predicted molar refractivity (Wildman–Crippen MR) is 132 cm³/mol. The maximum Gasteiger partial charge on any atom is 0.255 e. The van der Waals surface area contributed by atoms with E-state index in [9.17, 15) is 18.8 Å². The molecule has 0 saturated carbocycles. The van der Waals surface area contributed by atoms with Gasteiger partial charge in [0.05, 0.1) is 23.2 Å². The molecule has 2 aromatic carbocycles. The van der Waals surface area contributed by atoms with Gasteiger partial charge in [0.15, 0.2) is 5.78 Å². The molecule has 0 radical (unpaired) electrons. The van der Waals surface area contributed by atoms with E-state index in [2.05, 4.69) is 0 Å². The third-order valence-corrected chi connectivity index (χ3v) is 6.93. The number of carbonyl (C=O) groups is 3. The quantitative estimate of drug-likeness (QED) is 0.440. The molecule has 1 saturated heterocycles. The summed E-state index contributed by atoms with van der Waals surface area (Å²) in [4.78, 5) is 41.7. The summed E-state index contributed by atoms with van der Waals surface area (Å²) < 4.78 is 19.7. The highest BCUT2D eigenvalue weighted by Crippen LogP contribution is 2.20. The number of rotatable bonds is 8. The minimum absolute atomic E-state index is 0.0707. The number of halogens is 1. The second-order valence-corrected chi connectivity index (χ2v) is 9.49. The van der Waals surface area contributed by atoms with Crippen LogP contribution in [-0.4, -0.2) is 59.7 Å². The lowest BCUT2D eigenvalue weighted by Crippen LogP contribution is -2.40. The molecule has 0 bridgehead atoms. The zero-order valence-corrected chi connectivity index (χ0v) is 20.3. The summed E-state index contributed by atoms with van der Waals surface area (Å²) in [7, 11) is 0. The van der Waals surface area contributed by atoms with E-state index in [1.807, 2.05) is 30.3 Å². The lowest BCUT2D eigenvalue weighted by molar-refractivity contribution is -0.131. The molecule has 1 fully saturated rings. The molecule has 4 rings (SSSR count). The Kier molecular flexibility index (Phi) is 8.05. The van der Waals surface area contributed by atoms with Crippen molar-refractivity contribution in [2.75, 3.05) is 26.2 Å². The summed E-state index contributed by atoms with van der Waals surface area (Å²) in [6.45, 7) is 2.59. The normalized spacial score (nSPS) is 16.3. The van der Waals surface area contributed by atoms with Gasteiger partial charge in [-0.1, -0.05) is 42.5 Å². The van der Waals surface area contributed by atoms with E-state index in [1.165, 1.54) is 35.3 Å². The monoisotopic (exact) mass is 494 g/mol. The molecule has 8 heteroatoms. The second kappa shape index (κ2) is 11.4. The summed E-state index contributed by atoms with van der Waals surface area (Å²) in [6, 6.07) is 17.6. The first-order valence-electron chi connectivity index (χ1n) is 11.5. The molecule has 2 heterocycles. The number of hydrogen-bond donors (Lipinski definition) is 0. The molecule has 182 valence electrons. The van der Waals surface area contributed by atoms with Crippen molar-refractivity contribution in [2.45, 2.75) is 26.1 Å². The molecular weight excluding hydrogens is 467 g/mol. The average molecular weight is 495 g/mol. The summed E-state index contributed by atoms with van der Waals surface area (Å²) in [5.74, 6) is -0.925. The molecule has 1 atom stereocenters. The van der Waals surface area contributed by atoms with Crippen LogP contribution in [0.4, 0.5) is 4.39 Å². The van der Waals surface area contributed by atoms with Crippen molar-refractivity contribution in [3.05, 3.63) is 93.4 Å². The number of ketones is 1.